The Morgan fingerprint density at radius 1 is 0.974 bits per heavy atom. The van der Waals surface area contributed by atoms with E-state index in [1.807, 2.05) is 35.2 Å². The molecule has 2 aromatic heterocycles. The molecule has 2 aliphatic rings. The molecule has 196 valence electrons. The van der Waals surface area contributed by atoms with Gasteiger partial charge < -0.3 is 19.2 Å². The first-order chi connectivity index (χ1) is 19.1. The van der Waals surface area contributed by atoms with Gasteiger partial charge in [-0.15, -0.1) is 0 Å². The molecule has 2 fully saturated rings. The molecule has 1 saturated carbocycles. The number of carbonyl (C=O) groups excluding carboxylic acids is 2. The number of hydrogen-bond donors (Lipinski definition) is 1. The smallest absolute Gasteiger partial charge is 0.253 e. The largest absolute Gasteiger partial charge is 0.464 e. The van der Waals surface area contributed by atoms with Gasteiger partial charge in [0.25, 0.3) is 5.91 Å². The third-order valence-corrected chi connectivity index (χ3v) is 8.13. The summed E-state index contributed by atoms with van der Waals surface area (Å²) in [5.74, 6) is 1.56. The van der Waals surface area contributed by atoms with Gasteiger partial charge in [-0.2, -0.15) is 0 Å². The Kier molecular flexibility index (Phi) is 5.72. The fourth-order valence-corrected chi connectivity index (χ4v) is 5.89. The first-order valence-electron chi connectivity index (χ1n) is 13.7. The summed E-state index contributed by atoms with van der Waals surface area (Å²) in [4.78, 5) is 32.6. The van der Waals surface area contributed by atoms with Gasteiger partial charge in [0.2, 0.25) is 5.91 Å². The summed E-state index contributed by atoms with van der Waals surface area (Å²) in [6, 6.07) is 22.3. The number of hydrogen-bond acceptors (Lipinski definition) is 4. The summed E-state index contributed by atoms with van der Waals surface area (Å²) < 4.78 is 7.69. The van der Waals surface area contributed by atoms with E-state index in [-0.39, 0.29) is 11.8 Å². The highest BCUT2D eigenvalue weighted by atomic mass is 16.3. The molecule has 7 heteroatoms. The molecule has 39 heavy (non-hydrogen) atoms. The molecule has 0 radical (unpaired) electrons. The lowest BCUT2D eigenvalue weighted by molar-refractivity contribution is -0.131. The predicted molar refractivity (Wildman–Crippen MR) is 151 cm³/mol. The second-order valence-electron chi connectivity index (χ2n) is 10.8. The van der Waals surface area contributed by atoms with Crippen LogP contribution < -0.4 is 5.32 Å². The molecular formula is C32H30N4O3. The van der Waals surface area contributed by atoms with Crippen molar-refractivity contribution in [2.45, 2.75) is 25.8 Å². The highest BCUT2D eigenvalue weighted by Crippen LogP contribution is 2.35. The molecular weight excluding hydrogens is 488 g/mol. The number of furan rings is 1. The van der Waals surface area contributed by atoms with Crippen molar-refractivity contribution in [2.75, 3.05) is 20.1 Å². The summed E-state index contributed by atoms with van der Waals surface area (Å²) in [5, 5.41) is 3.86. The fourth-order valence-electron chi connectivity index (χ4n) is 5.89. The van der Waals surface area contributed by atoms with E-state index < -0.39 is 0 Å². The van der Waals surface area contributed by atoms with E-state index >= 15 is 0 Å². The van der Waals surface area contributed by atoms with E-state index in [9.17, 15) is 9.59 Å². The van der Waals surface area contributed by atoms with Gasteiger partial charge in [0.15, 0.2) is 0 Å². The number of aromatic nitrogens is 2. The lowest BCUT2D eigenvalue weighted by atomic mass is 10.0. The summed E-state index contributed by atoms with van der Waals surface area (Å²) >= 11 is 0. The maximum absolute atomic E-state index is 12.8. The standard InChI is InChI=1S/C32H30N4O3/c1-33-31(37)26-3-2-4-27-29(26)36(19-20-13-15-35(18-20)32(38)23-9-10-23)30(34-27)22-7-5-21(6-8-22)24-11-12-28-25(17-24)14-16-39-28/h2-8,11-12,14,16-17,20,23H,9-10,13,15,18-19H2,1H3,(H,33,37). The maximum Gasteiger partial charge on any atom is 0.253 e. The van der Waals surface area contributed by atoms with Crippen LogP contribution >= 0.6 is 0 Å². The monoisotopic (exact) mass is 518 g/mol. The molecule has 1 atom stereocenters. The van der Waals surface area contributed by atoms with E-state index in [4.69, 9.17) is 9.40 Å². The molecule has 3 heterocycles. The van der Waals surface area contributed by atoms with Gasteiger partial charge in [0.05, 0.1) is 22.9 Å². The zero-order valence-corrected chi connectivity index (χ0v) is 21.9. The molecule has 3 aromatic carbocycles. The zero-order valence-electron chi connectivity index (χ0n) is 21.9. The van der Waals surface area contributed by atoms with Crippen LogP contribution in [0.1, 0.15) is 29.6 Å². The number of likely N-dealkylation sites (tertiary alicyclic amines) is 1. The van der Waals surface area contributed by atoms with E-state index in [2.05, 4.69) is 46.3 Å². The molecule has 1 N–H and O–H groups in total. The fraction of sp³-hybridized carbons (Fsp3) is 0.281. The van der Waals surface area contributed by atoms with Crippen LogP contribution in [0, 0.1) is 11.8 Å². The molecule has 0 bridgehead atoms. The third kappa shape index (κ3) is 4.28. The Labute approximate surface area is 226 Å². The normalized spacial score (nSPS) is 17.3. The quantitative estimate of drug-likeness (QED) is 0.311. The van der Waals surface area contributed by atoms with Gasteiger partial charge in [-0.3, -0.25) is 9.59 Å². The van der Waals surface area contributed by atoms with Crippen molar-refractivity contribution in [1.82, 2.24) is 19.8 Å². The van der Waals surface area contributed by atoms with Crippen LogP contribution in [-0.4, -0.2) is 46.4 Å². The highest BCUT2D eigenvalue weighted by molar-refractivity contribution is 6.05. The van der Waals surface area contributed by atoms with Crippen molar-refractivity contribution in [3.63, 3.8) is 0 Å². The van der Waals surface area contributed by atoms with Crippen LogP contribution in [0.2, 0.25) is 0 Å². The van der Waals surface area contributed by atoms with Crippen LogP contribution in [0.15, 0.2) is 77.4 Å². The lowest BCUT2D eigenvalue weighted by Crippen LogP contribution is -2.30. The molecule has 0 spiro atoms. The molecule has 7 nitrogen and oxygen atoms in total. The van der Waals surface area contributed by atoms with Gasteiger partial charge in [-0.25, -0.2) is 4.98 Å². The van der Waals surface area contributed by atoms with E-state index in [0.29, 0.717) is 23.9 Å². The highest BCUT2D eigenvalue weighted by Gasteiger charge is 2.37. The van der Waals surface area contributed by atoms with E-state index in [1.165, 1.54) is 0 Å². The molecule has 5 aromatic rings. The number of nitrogens with one attached hydrogen (secondary N) is 1. The van der Waals surface area contributed by atoms with Gasteiger partial charge in [0.1, 0.15) is 11.4 Å². The number of rotatable bonds is 6. The average Bonchev–Trinajstić information content (AvgIpc) is 3.36. The van der Waals surface area contributed by atoms with Gasteiger partial charge in [-0.1, -0.05) is 36.4 Å². The van der Waals surface area contributed by atoms with Crippen molar-refractivity contribution in [1.29, 1.82) is 0 Å². The summed E-state index contributed by atoms with van der Waals surface area (Å²) in [6.45, 7) is 2.26. The molecule has 7 rings (SSSR count). The zero-order chi connectivity index (χ0) is 26.5. The minimum absolute atomic E-state index is 0.129. The minimum Gasteiger partial charge on any atom is -0.464 e. The van der Waals surface area contributed by atoms with Crippen LogP contribution in [0.3, 0.4) is 0 Å². The summed E-state index contributed by atoms with van der Waals surface area (Å²) in [5.41, 5.74) is 6.35. The van der Waals surface area contributed by atoms with E-state index in [1.54, 1.807) is 13.3 Å². The Morgan fingerprint density at radius 3 is 2.56 bits per heavy atom. The third-order valence-electron chi connectivity index (χ3n) is 8.13. The number of para-hydroxylation sites is 1. The van der Waals surface area contributed by atoms with Gasteiger partial charge in [0, 0.05) is 43.5 Å². The van der Waals surface area contributed by atoms with Crippen LogP contribution in [0.4, 0.5) is 0 Å². The number of fused-ring (bicyclic) bond motifs is 2. The van der Waals surface area contributed by atoms with Crippen molar-refractivity contribution in [3.05, 3.63) is 78.6 Å². The van der Waals surface area contributed by atoms with Crippen LogP contribution in [-0.2, 0) is 11.3 Å². The Hall–Kier alpha value is -4.39. The molecule has 2 amide bonds. The molecule has 1 aliphatic carbocycles. The van der Waals surface area contributed by atoms with E-state index in [0.717, 1.165) is 76.9 Å². The predicted octanol–water partition coefficient (Wildman–Crippen LogP) is 5.73. The lowest BCUT2D eigenvalue weighted by Gasteiger charge is -2.18. The summed E-state index contributed by atoms with van der Waals surface area (Å²) in [6.07, 6.45) is 4.71. The molecule has 1 aliphatic heterocycles. The SMILES string of the molecule is CNC(=O)c1cccc2nc(-c3ccc(-c4ccc5occc5c4)cc3)n(CC3CCN(C(=O)C4CC4)C3)c12. The van der Waals surface area contributed by atoms with Crippen molar-refractivity contribution in [2.24, 2.45) is 11.8 Å². The topological polar surface area (TPSA) is 80.4 Å². The number of nitrogens with zero attached hydrogens (tertiary/aromatic N) is 3. The van der Waals surface area contributed by atoms with Crippen LogP contribution in [0.25, 0.3) is 44.5 Å². The van der Waals surface area contributed by atoms with Gasteiger partial charge >= 0.3 is 0 Å². The van der Waals surface area contributed by atoms with Crippen LogP contribution in [0.5, 0.6) is 0 Å². The Morgan fingerprint density at radius 2 is 1.77 bits per heavy atom. The maximum atomic E-state index is 12.8. The number of carbonyl (C=O) groups is 2. The first kappa shape index (κ1) is 23.7. The Balaban J connectivity index is 1.26. The molecule has 1 saturated heterocycles. The Bertz CT molecular complexity index is 1710. The summed E-state index contributed by atoms with van der Waals surface area (Å²) in [7, 11) is 1.65. The van der Waals surface area contributed by atoms with Crippen molar-refractivity contribution < 1.29 is 14.0 Å². The number of imidazole rings is 1. The average molecular weight is 519 g/mol. The number of benzene rings is 3. The van der Waals surface area contributed by atoms with Gasteiger partial charge in [-0.05, 0) is 66.6 Å². The second kappa shape index (κ2) is 9.42. The van der Waals surface area contributed by atoms with Crippen molar-refractivity contribution in [3.8, 4) is 22.5 Å². The molecule has 1 unspecified atom stereocenters. The minimum atomic E-state index is -0.129. The number of amides is 2. The van der Waals surface area contributed by atoms with Crippen molar-refractivity contribution >= 4 is 33.8 Å². The second-order valence-corrected chi connectivity index (χ2v) is 10.8. The first-order valence-corrected chi connectivity index (χ1v) is 13.7.